The normalized spacial score (nSPS) is 10.6. The van der Waals surface area contributed by atoms with Crippen LogP contribution in [0.15, 0.2) is 29.6 Å². The number of hydrogen-bond donors (Lipinski definition) is 0. The maximum Gasteiger partial charge on any atom is 0.204 e. The molecule has 0 saturated carbocycles. The summed E-state index contributed by atoms with van der Waals surface area (Å²) in [5.41, 5.74) is 3.06. The summed E-state index contributed by atoms with van der Waals surface area (Å²) in [6.45, 7) is 4.15. The molecule has 0 fully saturated rings. The van der Waals surface area contributed by atoms with Crippen LogP contribution in [0.5, 0.6) is 0 Å². The highest BCUT2D eigenvalue weighted by Crippen LogP contribution is 2.27. The van der Waals surface area contributed by atoms with Gasteiger partial charge in [-0.05, 0) is 41.5 Å². The lowest BCUT2D eigenvalue weighted by Gasteiger charge is -2.08. The molecule has 0 unspecified atom stereocenters. The third kappa shape index (κ3) is 2.50. The molecule has 18 heavy (non-hydrogen) atoms. The third-order valence-corrected chi connectivity index (χ3v) is 4.37. The first-order valence-corrected chi connectivity index (χ1v) is 7.32. The zero-order valence-electron chi connectivity index (χ0n) is 10.5. The topological polar surface area (TPSA) is 17.1 Å². The molecule has 2 aromatic rings. The Balaban J connectivity index is 2.49. The van der Waals surface area contributed by atoms with E-state index in [9.17, 15) is 4.79 Å². The highest BCUT2D eigenvalue weighted by atomic mass is 35.5. The van der Waals surface area contributed by atoms with E-state index < -0.39 is 0 Å². The van der Waals surface area contributed by atoms with Gasteiger partial charge in [0, 0.05) is 5.56 Å². The molecule has 3 heteroatoms. The monoisotopic (exact) mass is 278 g/mol. The Morgan fingerprint density at radius 1 is 1.22 bits per heavy atom. The highest BCUT2D eigenvalue weighted by Gasteiger charge is 2.17. The van der Waals surface area contributed by atoms with Gasteiger partial charge in [0.1, 0.15) is 0 Å². The smallest absolute Gasteiger partial charge is 0.204 e. The first-order chi connectivity index (χ1) is 8.67. The molecule has 0 aliphatic rings. The SMILES string of the molecule is CCc1ccc(CC)c(C(=O)c2sccc2Cl)c1. The lowest BCUT2D eigenvalue weighted by Crippen LogP contribution is -2.05. The van der Waals surface area contributed by atoms with Crippen LogP contribution in [0.3, 0.4) is 0 Å². The van der Waals surface area contributed by atoms with Gasteiger partial charge in [0.2, 0.25) is 5.78 Å². The second kappa shape index (κ2) is 5.68. The Bertz CT molecular complexity index is 572. The van der Waals surface area contributed by atoms with Crippen molar-refractivity contribution in [1.29, 1.82) is 0 Å². The fourth-order valence-corrected chi connectivity index (χ4v) is 3.04. The van der Waals surface area contributed by atoms with Crippen LogP contribution < -0.4 is 0 Å². The summed E-state index contributed by atoms with van der Waals surface area (Å²) in [5.74, 6) is 0.0437. The second-order valence-electron chi connectivity index (χ2n) is 4.13. The summed E-state index contributed by atoms with van der Waals surface area (Å²) >= 11 is 7.45. The number of ketones is 1. The number of thiophene rings is 1. The van der Waals surface area contributed by atoms with Gasteiger partial charge in [-0.25, -0.2) is 0 Å². The standard InChI is InChI=1S/C15H15ClOS/c1-3-10-5-6-11(4-2)12(9-10)14(17)15-13(16)7-8-18-15/h5-9H,3-4H2,1-2H3. The first kappa shape index (κ1) is 13.3. The van der Waals surface area contributed by atoms with Crippen LogP contribution in [0.2, 0.25) is 5.02 Å². The van der Waals surface area contributed by atoms with E-state index in [1.807, 2.05) is 17.5 Å². The number of carbonyl (C=O) groups excluding carboxylic acids is 1. The molecule has 94 valence electrons. The molecule has 0 N–H and O–H groups in total. The van der Waals surface area contributed by atoms with Crippen LogP contribution >= 0.6 is 22.9 Å². The van der Waals surface area contributed by atoms with Crippen molar-refractivity contribution >= 4 is 28.7 Å². The number of hydrogen-bond acceptors (Lipinski definition) is 2. The molecule has 0 amide bonds. The second-order valence-corrected chi connectivity index (χ2v) is 5.45. The van der Waals surface area contributed by atoms with Gasteiger partial charge in [0.25, 0.3) is 0 Å². The van der Waals surface area contributed by atoms with Gasteiger partial charge in [0.05, 0.1) is 9.90 Å². The predicted octanol–water partition coefficient (Wildman–Crippen LogP) is 4.76. The summed E-state index contributed by atoms with van der Waals surface area (Å²) in [7, 11) is 0. The zero-order chi connectivity index (χ0) is 13.1. The van der Waals surface area contributed by atoms with Gasteiger partial charge in [0.15, 0.2) is 0 Å². The van der Waals surface area contributed by atoms with Crippen LogP contribution in [-0.4, -0.2) is 5.78 Å². The van der Waals surface area contributed by atoms with E-state index in [-0.39, 0.29) is 5.78 Å². The quantitative estimate of drug-likeness (QED) is 0.737. The van der Waals surface area contributed by atoms with E-state index >= 15 is 0 Å². The van der Waals surface area contributed by atoms with Crippen molar-refractivity contribution < 1.29 is 4.79 Å². The van der Waals surface area contributed by atoms with Crippen molar-refractivity contribution in [1.82, 2.24) is 0 Å². The third-order valence-electron chi connectivity index (χ3n) is 3.03. The van der Waals surface area contributed by atoms with Crippen LogP contribution in [0.4, 0.5) is 0 Å². The van der Waals surface area contributed by atoms with Crippen LogP contribution in [0.1, 0.15) is 40.2 Å². The van der Waals surface area contributed by atoms with Crippen molar-refractivity contribution in [3.63, 3.8) is 0 Å². The molecule has 0 aliphatic heterocycles. The summed E-state index contributed by atoms with van der Waals surface area (Å²) in [6.07, 6.45) is 1.79. The Labute approximate surface area is 116 Å². The van der Waals surface area contributed by atoms with Crippen molar-refractivity contribution in [2.45, 2.75) is 26.7 Å². The average Bonchev–Trinajstić information content (AvgIpc) is 2.83. The number of benzene rings is 1. The summed E-state index contributed by atoms with van der Waals surface area (Å²) in [6, 6.07) is 7.91. The van der Waals surface area contributed by atoms with E-state index in [0.717, 1.165) is 24.0 Å². The van der Waals surface area contributed by atoms with Crippen LogP contribution in [0.25, 0.3) is 0 Å². The highest BCUT2D eigenvalue weighted by molar-refractivity contribution is 7.13. The Morgan fingerprint density at radius 3 is 2.56 bits per heavy atom. The molecule has 1 aromatic carbocycles. The Kier molecular flexibility index (Phi) is 4.20. The molecule has 2 rings (SSSR count). The van der Waals surface area contributed by atoms with Gasteiger partial charge in [-0.1, -0.05) is 37.6 Å². The molecular formula is C15H15ClOS. The van der Waals surface area contributed by atoms with Gasteiger partial charge < -0.3 is 0 Å². The number of rotatable bonds is 4. The minimum absolute atomic E-state index is 0.0437. The molecular weight excluding hydrogens is 264 g/mol. The van der Waals surface area contributed by atoms with E-state index in [1.165, 1.54) is 16.9 Å². The fourth-order valence-electron chi connectivity index (χ4n) is 1.94. The first-order valence-electron chi connectivity index (χ1n) is 6.06. The molecule has 1 nitrogen and oxygen atoms in total. The molecule has 0 bridgehead atoms. The number of halogens is 1. The summed E-state index contributed by atoms with van der Waals surface area (Å²) in [5, 5.41) is 2.40. The van der Waals surface area contributed by atoms with Gasteiger partial charge in [-0.3, -0.25) is 4.79 Å². The Hall–Kier alpha value is -1.12. The van der Waals surface area contributed by atoms with Crippen LogP contribution in [0, 0.1) is 0 Å². The maximum atomic E-state index is 12.5. The Morgan fingerprint density at radius 2 is 2.00 bits per heavy atom. The minimum Gasteiger partial charge on any atom is -0.288 e. The van der Waals surface area contributed by atoms with Crippen molar-refractivity contribution in [2.75, 3.05) is 0 Å². The molecule has 0 saturated heterocycles. The molecule has 0 spiro atoms. The fraction of sp³-hybridized carbons (Fsp3) is 0.267. The summed E-state index contributed by atoms with van der Waals surface area (Å²) in [4.78, 5) is 13.1. The van der Waals surface area contributed by atoms with Crippen molar-refractivity contribution in [2.24, 2.45) is 0 Å². The van der Waals surface area contributed by atoms with Gasteiger partial charge in [-0.2, -0.15) is 0 Å². The van der Waals surface area contributed by atoms with E-state index in [2.05, 4.69) is 19.9 Å². The zero-order valence-corrected chi connectivity index (χ0v) is 12.1. The molecule has 1 aromatic heterocycles. The lowest BCUT2D eigenvalue weighted by molar-refractivity contribution is 0.104. The van der Waals surface area contributed by atoms with Gasteiger partial charge in [-0.15, -0.1) is 11.3 Å². The largest absolute Gasteiger partial charge is 0.288 e. The average molecular weight is 279 g/mol. The maximum absolute atomic E-state index is 12.5. The van der Waals surface area contributed by atoms with E-state index in [1.54, 1.807) is 6.07 Å². The van der Waals surface area contributed by atoms with E-state index in [0.29, 0.717) is 9.90 Å². The van der Waals surface area contributed by atoms with Crippen molar-refractivity contribution in [3.8, 4) is 0 Å². The van der Waals surface area contributed by atoms with Crippen LogP contribution in [-0.2, 0) is 12.8 Å². The molecule has 1 heterocycles. The van der Waals surface area contributed by atoms with E-state index in [4.69, 9.17) is 11.6 Å². The minimum atomic E-state index is 0.0437. The number of aryl methyl sites for hydroxylation is 2. The van der Waals surface area contributed by atoms with Crippen molar-refractivity contribution in [3.05, 3.63) is 56.2 Å². The predicted molar refractivity (Wildman–Crippen MR) is 78.0 cm³/mol. The summed E-state index contributed by atoms with van der Waals surface area (Å²) < 4.78 is 0. The number of carbonyl (C=O) groups is 1. The lowest BCUT2D eigenvalue weighted by atomic mass is 9.97. The molecule has 0 aliphatic carbocycles. The van der Waals surface area contributed by atoms with Gasteiger partial charge >= 0.3 is 0 Å². The molecule has 0 radical (unpaired) electrons. The molecule has 0 atom stereocenters.